The third kappa shape index (κ3) is 6.57. The zero-order valence-corrected chi connectivity index (χ0v) is 20.7. The Morgan fingerprint density at radius 3 is 2.92 bits per heavy atom. The Bertz CT molecular complexity index is 1210. The molecule has 10 nitrogen and oxygen atoms in total. The molecule has 2 aromatic heterocycles. The second-order valence-corrected chi connectivity index (χ2v) is 9.61. The van der Waals surface area contributed by atoms with Crippen molar-refractivity contribution in [1.29, 1.82) is 0 Å². The number of carbonyl (C=O) groups excluding carboxylic acids is 1. The molecule has 0 aliphatic carbocycles. The van der Waals surface area contributed by atoms with Crippen molar-refractivity contribution in [3.8, 4) is 16.5 Å². The van der Waals surface area contributed by atoms with E-state index in [0.717, 1.165) is 11.3 Å². The fourth-order valence-corrected chi connectivity index (χ4v) is 4.65. The van der Waals surface area contributed by atoms with Crippen molar-refractivity contribution in [1.82, 2.24) is 20.3 Å². The Labute approximate surface area is 212 Å². The number of alkyl halides is 2. The van der Waals surface area contributed by atoms with Crippen LogP contribution in [0.15, 0.2) is 42.9 Å². The number of amides is 1. The monoisotopic (exact) mass is 539 g/mol. The van der Waals surface area contributed by atoms with Crippen molar-refractivity contribution in [2.45, 2.75) is 24.8 Å². The van der Waals surface area contributed by atoms with Gasteiger partial charge in [-0.1, -0.05) is 12.1 Å². The second kappa shape index (κ2) is 12.3. The van der Waals surface area contributed by atoms with Gasteiger partial charge in [-0.2, -0.15) is 8.78 Å². The van der Waals surface area contributed by atoms with Gasteiger partial charge in [0.1, 0.15) is 11.8 Å². The number of aromatic nitrogens is 3. The van der Waals surface area contributed by atoms with Crippen LogP contribution in [-0.2, 0) is 20.5 Å². The number of benzene rings is 1. The molecule has 0 saturated carbocycles. The lowest BCUT2D eigenvalue weighted by Gasteiger charge is -2.31. The molecule has 1 amide bonds. The number of hydrogen-bond acceptors (Lipinski definition) is 9. The lowest BCUT2D eigenvalue weighted by Crippen LogP contribution is -2.42. The molecule has 2 N–H and O–H groups in total. The van der Waals surface area contributed by atoms with Gasteiger partial charge >= 0.3 is 5.76 Å². The van der Waals surface area contributed by atoms with E-state index < -0.39 is 34.8 Å². The normalized spacial score (nSPS) is 17.4. The number of anilines is 1. The molecule has 1 aliphatic rings. The zero-order valence-electron chi connectivity index (χ0n) is 19.1. The number of rotatable bonds is 10. The number of nitrogens with one attached hydrogen (secondary N) is 2. The number of carbonyl (C=O) groups is 1. The summed E-state index contributed by atoms with van der Waals surface area (Å²) in [4.78, 5) is 26.5. The van der Waals surface area contributed by atoms with E-state index in [0.29, 0.717) is 41.8 Å². The third-order valence-corrected chi connectivity index (χ3v) is 6.76. The summed E-state index contributed by atoms with van der Waals surface area (Å²) in [5, 5.41) is 3.09. The number of hydrogen-bond donors (Lipinski definition) is 2. The maximum atomic E-state index is 13.2. The largest absolute Gasteiger partial charge is 0.477 e. The first-order valence-electron chi connectivity index (χ1n) is 10.9. The molecule has 3 atom stereocenters. The predicted molar refractivity (Wildman–Crippen MR) is 129 cm³/mol. The highest BCUT2D eigenvalue weighted by molar-refractivity contribution is 7.86. The minimum absolute atomic E-state index is 0.184. The summed E-state index contributed by atoms with van der Waals surface area (Å²) in [5.74, 6) is -3.14. The highest BCUT2D eigenvalue weighted by Crippen LogP contribution is 2.28. The maximum absolute atomic E-state index is 13.2. The topological polar surface area (TPSA) is 125 Å². The number of halogens is 2. The van der Waals surface area contributed by atoms with Crippen LogP contribution in [0.1, 0.15) is 28.3 Å². The fraction of sp³-hybridized carbons (Fsp3) is 0.364. The Morgan fingerprint density at radius 2 is 2.17 bits per heavy atom. The Hall–Kier alpha value is -3.07. The number of thiazole rings is 1. The van der Waals surface area contributed by atoms with Crippen LogP contribution in [0.4, 0.5) is 14.5 Å². The first kappa shape index (κ1) is 26.0. The molecule has 3 unspecified atom stereocenters. The van der Waals surface area contributed by atoms with Crippen LogP contribution in [0.5, 0.6) is 5.88 Å². The van der Waals surface area contributed by atoms with Crippen molar-refractivity contribution in [2.24, 2.45) is 0 Å². The summed E-state index contributed by atoms with van der Waals surface area (Å²) in [6.07, 6.45) is 4.04. The Balaban J connectivity index is 1.55. The average Bonchev–Trinajstić information content (AvgIpc) is 3.39. The van der Waals surface area contributed by atoms with Crippen LogP contribution < -0.4 is 14.8 Å². The fourth-order valence-electron chi connectivity index (χ4n) is 3.43. The van der Waals surface area contributed by atoms with Crippen LogP contribution >= 0.6 is 11.3 Å². The highest BCUT2D eigenvalue weighted by Gasteiger charge is 2.30. The van der Waals surface area contributed by atoms with Gasteiger partial charge in [-0.25, -0.2) is 14.2 Å². The van der Waals surface area contributed by atoms with Gasteiger partial charge in [0.2, 0.25) is 5.88 Å². The standard InChI is InChI=1S/C22H23F2N5O5S2/c1-2-33-18-11-25-9-15(27-18)17-10-26-21(35-17)20(30)28-19(16-12-32-6-7-34-16)13-4-3-5-14(8-13)29-36(31)22(23)24/h3-5,8-11,16,19,22,29H,2,6-7,12H2,1H3,(H,28,30). The van der Waals surface area contributed by atoms with Crippen LogP contribution in [0.3, 0.4) is 0 Å². The molecule has 0 radical (unpaired) electrons. The molecule has 1 fully saturated rings. The van der Waals surface area contributed by atoms with E-state index in [1.54, 1.807) is 18.3 Å². The van der Waals surface area contributed by atoms with E-state index in [1.165, 1.54) is 24.5 Å². The maximum Gasteiger partial charge on any atom is 0.330 e. The van der Waals surface area contributed by atoms with Gasteiger partial charge in [-0.15, -0.1) is 11.3 Å². The van der Waals surface area contributed by atoms with Crippen LogP contribution in [0.2, 0.25) is 0 Å². The Morgan fingerprint density at radius 1 is 1.31 bits per heavy atom. The van der Waals surface area contributed by atoms with E-state index in [9.17, 15) is 17.8 Å². The quantitative estimate of drug-likeness (QED) is 0.403. The van der Waals surface area contributed by atoms with Crippen molar-refractivity contribution in [3.63, 3.8) is 0 Å². The second-order valence-electron chi connectivity index (χ2n) is 7.43. The highest BCUT2D eigenvalue weighted by atomic mass is 32.2. The summed E-state index contributed by atoms with van der Waals surface area (Å²) < 4.78 is 56.0. The molecule has 4 rings (SSSR count). The molecule has 192 valence electrons. The molecule has 3 heterocycles. The summed E-state index contributed by atoms with van der Waals surface area (Å²) in [6.45, 7) is 3.25. The molecule has 0 bridgehead atoms. The molecule has 3 aromatic rings. The molecule has 1 aliphatic heterocycles. The molecule has 1 saturated heterocycles. The lowest BCUT2D eigenvalue weighted by atomic mass is 10.0. The van der Waals surface area contributed by atoms with E-state index in [4.69, 9.17) is 14.2 Å². The molecule has 1 aromatic carbocycles. The molecule has 14 heteroatoms. The summed E-state index contributed by atoms with van der Waals surface area (Å²) in [7, 11) is -2.56. The van der Waals surface area contributed by atoms with Crippen molar-refractivity contribution >= 4 is 33.9 Å². The van der Waals surface area contributed by atoms with E-state index >= 15 is 0 Å². The minimum atomic E-state index is -3.04. The van der Waals surface area contributed by atoms with Gasteiger partial charge in [0, 0.05) is 11.9 Å². The van der Waals surface area contributed by atoms with Crippen LogP contribution in [0.25, 0.3) is 10.6 Å². The molecule has 0 spiro atoms. The van der Waals surface area contributed by atoms with Gasteiger partial charge in [-0.05, 0) is 24.6 Å². The van der Waals surface area contributed by atoms with Crippen molar-refractivity contribution < 1.29 is 32.0 Å². The van der Waals surface area contributed by atoms with E-state index in [-0.39, 0.29) is 17.3 Å². The van der Waals surface area contributed by atoms with Gasteiger partial charge in [-0.3, -0.25) is 9.78 Å². The van der Waals surface area contributed by atoms with Crippen LogP contribution in [-0.4, -0.2) is 63.4 Å². The van der Waals surface area contributed by atoms with Crippen LogP contribution in [0, 0.1) is 0 Å². The molecular weight excluding hydrogens is 516 g/mol. The van der Waals surface area contributed by atoms with Gasteiger partial charge < -0.3 is 24.2 Å². The number of nitrogens with zero attached hydrogens (tertiary/aromatic N) is 3. The predicted octanol–water partition coefficient (Wildman–Crippen LogP) is 3.18. The first-order valence-corrected chi connectivity index (χ1v) is 12.9. The minimum Gasteiger partial charge on any atom is -0.477 e. The summed E-state index contributed by atoms with van der Waals surface area (Å²) in [6, 6.07) is 5.67. The SMILES string of the molecule is CCOc1cncc(-c2cnc(C(=O)NC(c3cccc(NS(=O)C(F)F)c3)C3COCCO3)s2)n1. The van der Waals surface area contributed by atoms with E-state index in [1.807, 2.05) is 6.92 Å². The van der Waals surface area contributed by atoms with Gasteiger partial charge in [0.25, 0.3) is 5.91 Å². The van der Waals surface area contributed by atoms with Crippen molar-refractivity contribution in [2.75, 3.05) is 31.1 Å². The Kier molecular flexibility index (Phi) is 8.85. The molecular formula is C22H23F2N5O5S2. The van der Waals surface area contributed by atoms with Crippen molar-refractivity contribution in [3.05, 3.63) is 53.4 Å². The summed E-state index contributed by atoms with van der Waals surface area (Å²) in [5.41, 5.74) is 1.29. The zero-order chi connectivity index (χ0) is 25.5. The van der Waals surface area contributed by atoms with E-state index in [2.05, 4.69) is 25.0 Å². The lowest BCUT2D eigenvalue weighted by molar-refractivity contribution is -0.101. The third-order valence-electron chi connectivity index (χ3n) is 4.98. The number of ether oxygens (including phenoxy) is 3. The summed E-state index contributed by atoms with van der Waals surface area (Å²) >= 11 is 1.13. The van der Waals surface area contributed by atoms with Gasteiger partial charge in [0.05, 0.1) is 49.7 Å². The smallest absolute Gasteiger partial charge is 0.330 e. The molecule has 36 heavy (non-hydrogen) atoms. The average molecular weight is 540 g/mol. The first-order chi connectivity index (χ1) is 17.4. The van der Waals surface area contributed by atoms with Gasteiger partial charge in [0.15, 0.2) is 16.0 Å².